The smallest absolute Gasteiger partial charge is 0.243 e. The Hall–Kier alpha value is -1.81. The third-order valence-corrected chi connectivity index (χ3v) is 3.91. The Bertz CT molecular complexity index is 668. The number of amides is 1. The van der Waals surface area contributed by atoms with Crippen molar-refractivity contribution in [2.24, 2.45) is 0 Å². The molecule has 0 saturated heterocycles. The molecule has 0 fully saturated rings. The normalized spacial score (nSPS) is 10.3. The van der Waals surface area contributed by atoms with Crippen molar-refractivity contribution in [2.45, 2.75) is 20.8 Å². The highest BCUT2D eigenvalue weighted by Crippen LogP contribution is 2.20. The van der Waals surface area contributed by atoms with Gasteiger partial charge in [-0.1, -0.05) is 22.0 Å². The third-order valence-electron chi connectivity index (χ3n) is 3.42. The standard InChI is InChI=1S/C17H19BrN2O/c1-11-4-6-15(9-12(11)2)20-17(21)10-19-16-7-5-14(18)8-13(16)3/h4-9,19H,10H2,1-3H3,(H,20,21). The van der Waals surface area contributed by atoms with Gasteiger partial charge >= 0.3 is 0 Å². The van der Waals surface area contributed by atoms with E-state index < -0.39 is 0 Å². The van der Waals surface area contributed by atoms with Crippen molar-refractivity contribution in [3.05, 3.63) is 57.6 Å². The van der Waals surface area contributed by atoms with Crippen LogP contribution in [0.2, 0.25) is 0 Å². The maximum absolute atomic E-state index is 12.0. The maximum Gasteiger partial charge on any atom is 0.243 e. The second-order valence-electron chi connectivity index (χ2n) is 5.16. The van der Waals surface area contributed by atoms with Gasteiger partial charge in [0.25, 0.3) is 0 Å². The second-order valence-corrected chi connectivity index (χ2v) is 6.08. The summed E-state index contributed by atoms with van der Waals surface area (Å²) in [6.07, 6.45) is 0. The van der Waals surface area contributed by atoms with Crippen molar-refractivity contribution in [1.82, 2.24) is 0 Å². The Labute approximate surface area is 133 Å². The molecule has 2 rings (SSSR count). The Morgan fingerprint density at radius 3 is 2.43 bits per heavy atom. The van der Waals surface area contributed by atoms with E-state index in [-0.39, 0.29) is 12.5 Å². The van der Waals surface area contributed by atoms with Crippen molar-refractivity contribution in [3.63, 3.8) is 0 Å². The number of hydrogen-bond donors (Lipinski definition) is 2. The number of anilines is 2. The summed E-state index contributed by atoms with van der Waals surface area (Å²) in [6.45, 7) is 6.34. The second kappa shape index (κ2) is 6.76. The summed E-state index contributed by atoms with van der Waals surface area (Å²) in [7, 11) is 0. The van der Waals surface area contributed by atoms with E-state index in [1.807, 2.05) is 50.2 Å². The summed E-state index contributed by atoms with van der Waals surface area (Å²) in [6, 6.07) is 11.9. The third kappa shape index (κ3) is 4.33. The predicted octanol–water partition coefficient (Wildman–Crippen LogP) is 4.42. The molecule has 0 aliphatic heterocycles. The first kappa shape index (κ1) is 15.6. The molecule has 0 spiro atoms. The van der Waals surface area contributed by atoms with Crippen LogP contribution < -0.4 is 10.6 Å². The topological polar surface area (TPSA) is 41.1 Å². The van der Waals surface area contributed by atoms with Gasteiger partial charge < -0.3 is 10.6 Å². The van der Waals surface area contributed by atoms with Crippen molar-refractivity contribution >= 4 is 33.2 Å². The Balaban J connectivity index is 1.94. The van der Waals surface area contributed by atoms with E-state index in [1.54, 1.807) is 0 Å². The number of carbonyl (C=O) groups excluding carboxylic acids is 1. The molecule has 0 aliphatic carbocycles. The van der Waals surface area contributed by atoms with Gasteiger partial charge in [-0.2, -0.15) is 0 Å². The SMILES string of the molecule is Cc1ccc(NC(=O)CNc2ccc(Br)cc2C)cc1C. The van der Waals surface area contributed by atoms with Gasteiger partial charge in [0.15, 0.2) is 0 Å². The zero-order valence-corrected chi connectivity index (χ0v) is 14.0. The van der Waals surface area contributed by atoms with Crippen molar-refractivity contribution in [2.75, 3.05) is 17.2 Å². The lowest BCUT2D eigenvalue weighted by Crippen LogP contribution is -2.22. The minimum atomic E-state index is -0.0550. The summed E-state index contributed by atoms with van der Waals surface area (Å²) in [4.78, 5) is 12.0. The molecule has 4 heteroatoms. The number of nitrogens with one attached hydrogen (secondary N) is 2. The first-order valence-corrected chi connectivity index (χ1v) is 7.62. The molecule has 0 aliphatic rings. The number of carbonyl (C=O) groups is 1. The molecule has 0 atom stereocenters. The van der Waals surface area contributed by atoms with Gasteiger partial charge in [0.05, 0.1) is 6.54 Å². The van der Waals surface area contributed by atoms with E-state index in [9.17, 15) is 4.79 Å². The molecule has 0 bridgehead atoms. The van der Waals surface area contributed by atoms with E-state index in [0.717, 1.165) is 21.4 Å². The minimum Gasteiger partial charge on any atom is -0.376 e. The number of hydrogen-bond acceptors (Lipinski definition) is 2. The van der Waals surface area contributed by atoms with Crippen LogP contribution in [-0.4, -0.2) is 12.5 Å². The maximum atomic E-state index is 12.0. The van der Waals surface area contributed by atoms with Crippen molar-refractivity contribution < 1.29 is 4.79 Å². The van der Waals surface area contributed by atoms with Crippen LogP contribution in [-0.2, 0) is 4.79 Å². The van der Waals surface area contributed by atoms with Gasteiger partial charge in [-0.05, 0) is 67.8 Å². The fourth-order valence-corrected chi connectivity index (χ4v) is 2.50. The monoisotopic (exact) mass is 346 g/mol. The van der Waals surface area contributed by atoms with Crippen LogP contribution in [0.25, 0.3) is 0 Å². The Morgan fingerprint density at radius 2 is 1.76 bits per heavy atom. The predicted molar refractivity (Wildman–Crippen MR) is 91.9 cm³/mol. The van der Waals surface area contributed by atoms with E-state index in [0.29, 0.717) is 0 Å². The lowest BCUT2D eigenvalue weighted by atomic mass is 10.1. The molecular weight excluding hydrogens is 328 g/mol. The summed E-state index contributed by atoms with van der Waals surface area (Å²) < 4.78 is 1.03. The molecule has 0 radical (unpaired) electrons. The minimum absolute atomic E-state index is 0.0550. The van der Waals surface area contributed by atoms with Gasteiger partial charge in [-0.3, -0.25) is 4.79 Å². The van der Waals surface area contributed by atoms with E-state index >= 15 is 0 Å². The van der Waals surface area contributed by atoms with E-state index in [2.05, 4.69) is 33.5 Å². The number of benzene rings is 2. The summed E-state index contributed by atoms with van der Waals surface area (Å²) >= 11 is 3.43. The highest BCUT2D eigenvalue weighted by molar-refractivity contribution is 9.10. The Kier molecular flexibility index (Phi) is 5.02. The zero-order valence-electron chi connectivity index (χ0n) is 12.5. The molecule has 0 heterocycles. The first-order chi connectivity index (χ1) is 9.95. The molecule has 2 aromatic rings. The largest absolute Gasteiger partial charge is 0.376 e. The number of aryl methyl sites for hydroxylation is 3. The van der Waals surface area contributed by atoms with Gasteiger partial charge in [0.2, 0.25) is 5.91 Å². The van der Waals surface area contributed by atoms with Gasteiger partial charge in [-0.15, -0.1) is 0 Å². The summed E-state index contributed by atoms with van der Waals surface area (Å²) in [5, 5.41) is 6.05. The molecule has 0 aromatic heterocycles. The van der Waals surface area contributed by atoms with Crippen LogP contribution in [0, 0.1) is 20.8 Å². The summed E-state index contributed by atoms with van der Waals surface area (Å²) in [5.74, 6) is -0.0550. The molecule has 1 amide bonds. The van der Waals surface area contributed by atoms with E-state index in [4.69, 9.17) is 0 Å². The molecule has 2 aromatic carbocycles. The van der Waals surface area contributed by atoms with E-state index in [1.165, 1.54) is 11.1 Å². The highest BCUT2D eigenvalue weighted by Gasteiger charge is 2.05. The van der Waals surface area contributed by atoms with Gasteiger partial charge in [0, 0.05) is 15.8 Å². The van der Waals surface area contributed by atoms with Gasteiger partial charge in [-0.25, -0.2) is 0 Å². The molecule has 3 nitrogen and oxygen atoms in total. The molecule has 110 valence electrons. The number of rotatable bonds is 4. The lowest BCUT2D eigenvalue weighted by molar-refractivity contribution is -0.114. The summed E-state index contributed by atoms with van der Waals surface area (Å²) in [5.41, 5.74) is 5.29. The molecular formula is C17H19BrN2O. The highest BCUT2D eigenvalue weighted by atomic mass is 79.9. The zero-order chi connectivity index (χ0) is 15.4. The molecule has 21 heavy (non-hydrogen) atoms. The average molecular weight is 347 g/mol. The van der Waals surface area contributed by atoms with Crippen molar-refractivity contribution in [3.8, 4) is 0 Å². The average Bonchev–Trinajstić information content (AvgIpc) is 2.42. The lowest BCUT2D eigenvalue weighted by Gasteiger charge is -2.11. The number of halogens is 1. The molecule has 2 N–H and O–H groups in total. The molecule has 0 unspecified atom stereocenters. The fraction of sp³-hybridized carbons (Fsp3) is 0.235. The van der Waals surface area contributed by atoms with Gasteiger partial charge in [0.1, 0.15) is 0 Å². The Morgan fingerprint density at radius 1 is 1.00 bits per heavy atom. The quantitative estimate of drug-likeness (QED) is 0.859. The van der Waals surface area contributed by atoms with Crippen LogP contribution in [0.1, 0.15) is 16.7 Å². The van der Waals surface area contributed by atoms with Crippen LogP contribution in [0.5, 0.6) is 0 Å². The van der Waals surface area contributed by atoms with Crippen LogP contribution in [0.15, 0.2) is 40.9 Å². The fourth-order valence-electron chi connectivity index (χ4n) is 2.03. The molecule has 0 saturated carbocycles. The van der Waals surface area contributed by atoms with Crippen LogP contribution >= 0.6 is 15.9 Å². The first-order valence-electron chi connectivity index (χ1n) is 6.83. The van der Waals surface area contributed by atoms with Crippen LogP contribution in [0.3, 0.4) is 0 Å². The van der Waals surface area contributed by atoms with Crippen LogP contribution in [0.4, 0.5) is 11.4 Å². The van der Waals surface area contributed by atoms with Crippen molar-refractivity contribution in [1.29, 1.82) is 0 Å².